The van der Waals surface area contributed by atoms with Gasteiger partial charge in [-0.15, -0.1) is 0 Å². The highest BCUT2D eigenvalue weighted by Gasteiger charge is 2.36. The molecule has 15 N–H and O–H groups in total. The van der Waals surface area contributed by atoms with Crippen LogP contribution in [0, 0.1) is 11.8 Å². The molecule has 9 atom stereocenters. The van der Waals surface area contributed by atoms with E-state index in [1.54, 1.807) is 27.7 Å². The second-order valence-corrected chi connectivity index (χ2v) is 13.2. The summed E-state index contributed by atoms with van der Waals surface area (Å²) in [5.74, 6) is -9.78. The Labute approximate surface area is 313 Å². The molecule has 22 heteroatoms. The van der Waals surface area contributed by atoms with Crippen LogP contribution >= 0.6 is 12.6 Å². The lowest BCUT2D eigenvalue weighted by atomic mass is 9.97. The molecule has 0 aromatic carbocycles. The molecule has 0 aliphatic heterocycles. The van der Waals surface area contributed by atoms with Gasteiger partial charge in [0.05, 0.1) is 18.6 Å². The minimum absolute atomic E-state index is 0.128. The van der Waals surface area contributed by atoms with Crippen LogP contribution in [-0.2, 0) is 38.4 Å². The van der Waals surface area contributed by atoms with Gasteiger partial charge in [-0.2, -0.15) is 12.6 Å². The van der Waals surface area contributed by atoms with Gasteiger partial charge in [0, 0.05) is 12.3 Å². The molecule has 0 heterocycles. The van der Waals surface area contributed by atoms with Gasteiger partial charge in [-0.05, 0) is 38.5 Å². The summed E-state index contributed by atoms with van der Waals surface area (Å²) in [7, 11) is 0. The highest BCUT2D eigenvalue weighted by atomic mass is 32.1. The molecule has 0 spiro atoms. The van der Waals surface area contributed by atoms with Crippen molar-refractivity contribution in [2.45, 2.75) is 116 Å². The summed E-state index contributed by atoms with van der Waals surface area (Å²) in [6.07, 6.45) is -1.65. The van der Waals surface area contributed by atoms with Gasteiger partial charge in [0.15, 0.2) is 5.96 Å². The molecule has 0 saturated carbocycles. The van der Waals surface area contributed by atoms with Crippen molar-refractivity contribution in [1.29, 1.82) is 0 Å². The van der Waals surface area contributed by atoms with Gasteiger partial charge in [0.1, 0.15) is 36.3 Å². The van der Waals surface area contributed by atoms with E-state index < -0.39 is 114 Å². The topological polar surface area (TPSA) is 360 Å². The molecule has 0 aliphatic rings. The van der Waals surface area contributed by atoms with Crippen LogP contribution in [0.15, 0.2) is 4.99 Å². The fraction of sp³-hybridized carbons (Fsp3) is 0.710. The number of carbonyl (C=O) groups excluding carboxylic acids is 6. The Morgan fingerprint density at radius 3 is 1.68 bits per heavy atom. The Balaban J connectivity index is 5.80. The molecule has 53 heavy (non-hydrogen) atoms. The zero-order valence-electron chi connectivity index (χ0n) is 30.8. The third-order valence-electron chi connectivity index (χ3n) is 7.97. The smallest absolute Gasteiger partial charge is 0.326 e. The first-order valence-electron chi connectivity index (χ1n) is 16.9. The molecule has 0 aromatic rings. The van der Waals surface area contributed by atoms with E-state index in [9.17, 15) is 53.7 Å². The number of aliphatic hydroxyl groups excluding tert-OH is 1. The van der Waals surface area contributed by atoms with Crippen molar-refractivity contribution in [3.8, 4) is 0 Å². The number of nitrogens with one attached hydrogen (secondary N) is 6. The molecule has 0 fully saturated rings. The van der Waals surface area contributed by atoms with E-state index in [4.69, 9.17) is 17.2 Å². The van der Waals surface area contributed by atoms with Crippen molar-refractivity contribution in [2.24, 2.45) is 34.0 Å². The minimum atomic E-state index is -1.79. The second kappa shape index (κ2) is 23.8. The van der Waals surface area contributed by atoms with Crippen molar-refractivity contribution in [2.75, 3.05) is 12.3 Å². The lowest BCUT2D eigenvalue weighted by Gasteiger charge is -2.28. The summed E-state index contributed by atoms with van der Waals surface area (Å²) in [5, 5.41) is 43.1. The zero-order valence-corrected chi connectivity index (χ0v) is 31.6. The summed E-state index contributed by atoms with van der Waals surface area (Å²) in [5.41, 5.74) is 16.5. The lowest BCUT2D eigenvalue weighted by molar-refractivity contribution is -0.143. The quantitative estimate of drug-likeness (QED) is 0.0192. The van der Waals surface area contributed by atoms with Crippen LogP contribution in [0.3, 0.4) is 0 Å². The number of carboxylic acid groups (broad SMARTS) is 2. The fourth-order valence-corrected chi connectivity index (χ4v) is 4.80. The summed E-state index contributed by atoms with van der Waals surface area (Å²) >= 11 is 4.03. The summed E-state index contributed by atoms with van der Waals surface area (Å²) < 4.78 is 0. The van der Waals surface area contributed by atoms with Crippen molar-refractivity contribution >= 4 is 66.0 Å². The number of thiol groups is 1. The van der Waals surface area contributed by atoms with Crippen molar-refractivity contribution < 1.29 is 53.7 Å². The average Bonchev–Trinajstić information content (AvgIpc) is 3.06. The number of hydrogen-bond acceptors (Lipinski definition) is 12. The van der Waals surface area contributed by atoms with Crippen LogP contribution in [0.2, 0.25) is 0 Å². The standard InChI is InChI=1S/C31H56N10O11S/c1-7-14(4)22(40-25(46)17(32)9-8-10-35-31(33)34)28(49)37-18(11-20(43)44)26(47)41-23(16(6)42)29(50)36-15(5)24(45)38-19(12-53)27(48)39-21(13(2)3)30(51)52/h13-19,21-23,42,53H,7-12,32H2,1-6H3,(H,36,50)(H,37,49)(H,38,45)(H,39,48)(H,40,46)(H,41,47)(H,43,44)(H,51,52)(H4,33,34,35)/t14-,15-,16+,17-,18-,19-,21-,22-,23-/m0/s1. The third kappa shape index (κ3) is 17.6. The number of carbonyl (C=O) groups is 8. The van der Waals surface area contributed by atoms with E-state index in [2.05, 4.69) is 49.5 Å². The van der Waals surface area contributed by atoms with Gasteiger partial charge in [0.2, 0.25) is 35.4 Å². The number of amides is 6. The number of hydrogen-bond donors (Lipinski definition) is 13. The summed E-state index contributed by atoms with van der Waals surface area (Å²) in [6.45, 7) is 9.08. The van der Waals surface area contributed by atoms with Crippen LogP contribution in [-0.4, -0.2) is 129 Å². The Bertz CT molecular complexity index is 1330. The monoisotopic (exact) mass is 776 g/mol. The molecule has 302 valence electrons. The summed E-state index contributed by atoms with van der Waals surface area (Å²) in [4.78, 5) is 105. The molecular formula is C31H56N10O11S. The predicted molar refractivity (Wildman–Crippen MR) is 195 cm³/mol. The number of aliphatic carboxylic acids is 2. The van der Waals surface area contributed by atoms with Gasteiger partial charge in [-0.3, -0.25) is 38.6 Å². The highest BCUT2D eigenvalue weighted by molar-refractivity contribution is 7.80. The molecule has 0 rings (SSSR count). The highest BCUT2D eigenvalue weighted by Crippen LogP contribution is 2.11. The number of aliphatic imine (C=N–C) groups is 1. The number of rotatable bonds is 24. The molecule has 6 amide bonds. The Kier molecular flexibility index (Phi) is 21.7. The molecule has 0 aromatic heterocycles. The minimum Gasteiger partial charge on any atom is -0.481 e. The molecule has 0 bridgehead atoms. The van der Waals surface area contributed by atoms with Crippen molar-refractivity contribution in [3.05, 3.63) is 0 Å². The maximum atomic E-state index is 13.4. The molecule has 0 unspecified atom stereocenters. The van der Waals surface area contributed by atoms with Gasteiger partial charge >= 0.3 is 11.9 Å². The first kappa shape index (κ1) is 48.3. The van der Waals surface area contributed by atoms with Crippen LogP contribution < -0.4 is 49.1 Å². The first-order valence-corrected chi connectivity index (χ1v) is 17.6. The summed E-state index contributed by atoms with van der Waals surface area (Å²) in [6, 6.07) is -9.77. The molecule has 0 saturated heterocycles. The number of guanidine groups is 1. The van der Waals surface area contributed by atoms with E-state index >= 15 is 0 Å². The van der Waals surface area contributed by atoms with Crippen LogP contribution in [0.1, 0.15) is 67.2 Å². The maximum Gasteiger partial charge on any atom is 0.326 e. The van der Waals surface area contributed by atoms with E-state index in [-0.39, 0.29) is 24.7 Å². The van der Waals surface area contributed by atoms with Crippen LogP contribution in [0.4, 0.5) is 0 Å². The van der Waals surface area contributed by atoms with E-state index in [1.165, 1.54) is 6.92 Å². The normalized spacial score (nSPS) is 16.1. The number of nitrogens with zero attached hydrogens (tertiary/aromatic N) is 1. The van der Waals surface area contributed by atoms with Gasteiger partial charge < -0.3 is 64.4 Å². The van der Waals surface area contributed by atoms with Crippen molar-refractivity contribution in [3.63, 3.8) is 0 Å². The van der Waals surface area contributed by atoms with Crippen LogP contribution in [0.5, 0.6) is 0 Å². The first-order chi connectivity index (χ1) is 24.6. The second-order valence-electron chi connectivity index (χ2n) is 12.9. The Morgan fingerprint density at radius 1 is 0.698 bits per heavy atom. The Morgan fingerprint density at radius 2 is 1.21 bits per heavy atom. The SMILES string of the molecule is CC[C@H](C)[C@H](NC(=O)[C@@H](N)CCCN=C(N)N)C(=O)N[C@@H](CC(=O)O)C(=O)N[C@H](C(=O)N[C@@H](C)C(=O)N[C@@H](CS)C(=O)N[C@H](C(=O)O)C(C)C)[C@@H](C)O. The van der Waals surface area contributed by atoms with E-state index in [0.29, 0.717) is 12.8 Å². The van der Waals surface area contributed by atoms with Gasteiger partial charge in [-0.1, -0.05) is 34.1 Å². The molecule has 21 nitrogen and oxygen atoms in total. The van der Waals surface area contributed by atoms with Crippen LogP contribution in [0.25, 0.3) is 0 Å². The number of carboxylic acids is 2. The Hall–Kier alpha value is -4.70. The average molecular weight is 777 g/mol. The zero-order chi connectivity index (χ0) is 41.2. The van der Waals surface area contributed by atoms with Crippen molar-refractivity contribution in [1.82, 2.24) is 31.9 Å². The third-order valence-corrected chi connectivity index (χ3v) is 8.34. The number of nitrogens with two attached hydrogens (primary N) is 3. The number of aliphatic hydroxyl groups is 1. The van der Waals surface area contributed by atoms with E-state index in [1.807, 2.05) is 0 Å². The molecule has 0 aliphatic carbocycles. The largest absolute Gasteiger partial charge is 0.481 e. The van der Waals surface area contributed by atoms with Gasteiger partial charge in [-0.25, -0.2) is 4.79 Å². The molecular weight excluding hydrogens is 720 g/mol. The maximum absolute atomic E-state index is 13.4. The predicted octanol–water partition coefficient (Wildman–Crippen LogP) is -4.13. The fourth-order valence-electron chi connectivity index (χ4n) is 4.54. The van der Waals surface area contributed by atoms with E-state index in [0.717, 1.165) is 6.92 Å². The molecule has 0 radical (unpaired) electrons. The van der Waals surface area contributed by atoms with Gasteiger partial charge in [0.25, 0.3) is 0 Å². The lowest BCUT2D eigenvalue weighted by Crippen LogP contribution is -2.62.